The number of sulfonamides is 1. The number of piperazine rings is 1. The fraction of sp³-hybridized carbons (Fsp3) is 0.393. The van der Waals surface area contributed by atoms with E-state index in [1.807, 2.05) is 24.3 Å². The number of rotatable bonds is 6. The van der Waals surface area contributed by atoms with Gasteiger partial charge < -0.3 is 10.2 Å². The van der Waals surface area contributed by atoms with Crippen LogP contribution in [0.4, 0.5) is 11.6 Å². The Morgan fingerprint density at radius 1 is 1.10 bits per heavy atom. The van der Waals surface area contributed by atoms with Gasteiger partial charge in [0.2, 0.25) is 11.9 Å². The van der Waals surface area contributed by atoms with Crippen LogP contribution < -0.4 is 10.2 Å². The topological polar surface area (TPSA) is 108 Å². The molecule has 3 aromatic rings. The highest BCUT2D eigenvalue weighted by atomic mass is 79.9. The molecule has 2 aromatic carbocycles. The van der Waals surface area contributed by atoms with Crippen LogP contribution in [0.2, 0.25) is 10.0 Å². The van der Waals surface area contributed by atoms with Gasteiger partial charge in [0.1, 0.15) is 5.54 Å². The molecule has 42 heavy (non-hydrogen) atoms. The normalized spacial score (nSPS) is 23.0. The highest BCUT2D eigenvalue weighted by Crippen LogP contribution is 2.45. The summed E-state index contributed by atoms with van der Waals surface area (Å²) in [6, 6.07) is 12.1. The van der Waals surface area contributed by atoms with Gasteiger partial charge in [0.05, 0.1) is 17.9 Å². The van der Waals surface area contributed by atoms with Crippen LogP contribution in [0.25, 0.3) is 0 Å². The highest BCUT2D eigenvalue weighted by molar-refractivity contribution is 9.10. The van der Waals surface area contributed by atoms with E-state index in [2.05, 4.69) is 26.2 Å². The van der Waals surface area contributed by atoms with Gasteiger partial charge in [0.25, 0.3) is 15.9 Å². The lowest BCUT2D eigenvalue weighted by Crippen LogP contribution is -2.54. The van der Waals surface area contributed by atoms with Gasteiger partial charge in [-0.15, -0.1) is 0 Å². The minimum atomic E-state index is -4.09. The minimum absolute atomic E-state index is 0.0123. The largest absolute Gasteiger partial charge is 0.339 e. The average Bonchev–Trinajstić information content (AvgIpc) is 3.69. The molecule has 1 aromatic heterocycles. The quantitative estimate of drug-likeness (QED) is 0.415. The van der Waals surface area contributed by atoms with Crippen LogP contribution in [-0.4, -0.2) is 77.8 Å². The Morgan fingerprint density at radius 2 is 1.76 bits per heavy atom. The van der Waals surface area contributed by atoms with Crippen molar-refractivity contribution >= 4 is 72.6 Å². The Bertz CT molecular complexity index is 1630. The standard InChI is InChI=1S/C28H29BrCl2N6O4S/c1-28(16-18-4-6-19(29)7-5-18)26(39)36(22-14-20(30)13-21(31)15-22)27-33-17-24(37(27)28)42(40,41)35-11-9-34(10-12-35)25(38)23-3-2-8-32-23/h4-7,13-15,17,23,32H,2-3,8-12,16H2,1H3. The number of carbonyl (C=O) groups excluding carboxylic acids is 2. The van der Waals surface area contributed by atoms with Gasteiger partial charge >= 0.3 is 0 Å². The number of hydrogen-bond donors (Lipinski definition) is 1. The first-order valence-corrected chi connectivity index (χ1v) is 16.6. The summed E-state index contributed by atoms with van der Waals surface area (Å²) in [6.07, 6.45) is 3.26. The number of fused-ring (bicyclic) bond motifs is 1. The number of amides is 2. The number of imidazole rings is 1. The summed E-state index contributed by atoms with van der Waals surface area (Å²) in [5.41, 5.74) is -0.0980. The third-order valence-corrected chi connectivity index (χ3v) is 11.0. The number of benzene rings is 2. The van der Waals surface area contributed by atoms with Crippen LogP contribution in [0.1, 0.15) is 25.3 Å². The molecule has 222 valence electrons. The van der Waals surface area contributed by atoms with Crippen LogP contribution >= 0.6 is 39.1 Å². The van der Waals surface area contributed by atoms with Gasteiger partial charge in [-0.25, -0.2) is 18.3 Å². The summed E-state index contributed by atoms with van der Waals surface area (Å²) in [7, 11) is -4.09. The second kappa shape index (κ2) is 11.2. The molecule has 1 N–H and O–H groups in total. The molecule has 4 heterocycles. The Hall–Kier alpha value is -2.48. The van der Waals surface area contributed by atoms with E-state index in [9.17, 15) is 18.0 Å². The maximum atomic E-state index is 14.3. The van der Waals surface area contributed by atoms with E-state index in [0.717, 1.165) is 29.4 Å². The number of nitrogens with zero attached hydrogens (tertiary/aromatic N) is 5. The van der Waals surface area contributed by atoms with Crippen LogP contribution in [0.15, 0.2) is 58.2 Å². The average molecular weight is 696 g/mol. The number of hydrogen-bond acceptors (Lipinski definition) is 6. The van der Waals surface area contributed by atoms with E-state index in [0.29, 0.717) is 28.8 Å². The minimum Gasteiger partial charge on any atom is -0.339 e. The van der Waals surface area contributed by atoms with Crippen molar-refractivity contribution in [1.82, 2.24) is 24.1 Å². The summed E-state index contributed by atoms with van der Waals surface area (Å²) in [5, 5.41) is 3.79. The molecule has 14 heteroatoms. The lowest BCUT2D eigenvalue weighted by Gasteiger charge is -2.35. The van der Waals surface area contributed by atoms with Crippen molar-refractivity contribution in [3.8, 4) is 0 Å². The van der Waals surface area contributed by atoms with Gasteiger partial charge in [0, 0.05) is 47.1 Å². The second-order valence-corrected chi connectivity index (χ2v) is 14.6. The number of carbonyl (C=O) groups is 2. The van der Waals surface area contributed by atoms with Crippen LogP contribution in [0, 0.1) is 0 Å². The summed E-state index contributed by atoms with van der Waals surface area (Å²) < 4.78 is 32.1. The smallest absolute Gasteiger partial charge is 0.260 e. The number of halogens is 3. The maximum Gasteiger partial charge on any atom is 0.260 e. The van der Waals surface area contributed by atoms with E-state index in [-0.39, 0.29) is 48.3 Å². The van der Waals surface area contributed by atoms with Gasteiger partial charge in [0.15, 0.2) is 5.03 Å². The third kappa shape index (κ3) is 5.16. The zero-order valence-corrected chi connectivity index (χ0v) is 26.7. The van der Waals surface area contributed by atoms with Crippen molar-refractivity contribution in [1.29, 1.82) is 0 Å². The molecule has 0 saturated carbocycles. The molecule has 2 atom stereocenters. The molecule has 6 rings (SSSR count). The van der Waals surface area contributed by atoms with Gasteiger partial charge in [-0.05, 0) is 62.2 Å². The molecule has 0 bridgehead atoms. The van der Waals surface area contributed by atoms with E-state index >= 15 is 0 Å². The summed E-state index contributed by atoms with van der Waals surface area (Å²) in [6.45, 7) is 3.41. The highest BCUT2D eigenvalue weighted by Gasteiger charge is 2.52. The van der Waals surface area contributed by atoms with E-state index in [1.54, 1.807) is 30.0 Å². The summed E-state index contributed by atoms with van der Waals surface area (Å²) in [5.74, 6) is -0.182. The first-order chi connectivity index (χ1) is 20.0. The Labute approximate surface area is 262 Å². The van der Waals surface area contributed by atoms with Crippen molar-refractivity contribution in [3.05, 3.63) is 68.7 Å². The lowest BCUT2D eigenvalue weighted by atomic mass is 9.92. The predicted molar refractivity (Wildman–Crippen MR) is 164 cm³/mol. The Balaban J connectivity index is 1.37. The number of nitrogens with one attached hydrogen (secondary N) is 1. The fourth-order valence-electron chi connectivity index (χ4n) is 6.01. The van der Waals surface area contributed by atoms with Gasteiger partial charge in [-0.2, -0.15) is 4.31 Å². The third-order valence-electron chi connectivity index (χ3n) is 8.15. The Kier molecular flexibility index (Phi) is 7.90. The number of aromatic nitrogens is 2. The first kappa shape index (κ1) is 29.6. The molecule has 2 saturated heterocycles. The van der Waals surface area contributed by atoms with Gasteiger partial charge in [-0.3, -0.25) is 14.2 Å². The van der Waals surface area contributed by atoms with Crippen molar-refractivity contribution in [3.63, 3.8) is 0 Å². The molecule has 3 aliphatic heterocycles. The lowest BCUT2D eigenvalue weighted by molar-refractivity contribution is -0.134. The molecule has 0 spiro atoms. The van der Waals surface area contributed by atoms with Crippen molar-refractivity contribution in [2.75, 3.05) is 37.6 Å². The molecule has 10 nitrogen and oxygen atoms in total. The van der Waals surface area contributed by atoms with Crippen LogP contribution in [0.3, 0.4) is 0 Å². The van der Waals surface area contributed by atoms with Crippen molar-refractivity contribution in [2.24, 2.45) is 0 Å². The van der Waals surface area contributed by atoms with E-state index in [1.165, 1.54) is 20.0 Å². The van der Waals surface area contributed by atoms with Crippen LogP contribution in [-0.2, 0) is 31.6 Å². The van der Waals surface area contributed by atoms with E-state index < -0.39 is 15.6 Å². The second-order valence-electron chi connectivity index (χ2n) is 11.0. The summed E-state index contributed by atoms with van der Waals surface area (Å²) in [4.78, 5) is 34.7. The molecule has 0 aliphatic carbocycles. The Morgan fingerprint density at radius 3 is 2.38 bits per heavy atom. The number of anilines is 2. The predicted octanol–water partition coefficient (Wildman–Crippen LogP) is 4.17. The molecule has 2 unspecified atom stereocenters. The van der Waals surface area contributed by atoms with Crippen LogP contribution in [0.5, 0.6) is 0 Å². The monoisotopic (exact) mass is 694 g/mol. The fourth-order valence-corrected chi connectivity index (χ4v) is 8.40. The first-order valence-electron chi connectivity index (χ1n) is 13.6. The maximum absolute atomic E-state index is 14.3. The van der Waals surface area contributed by atoms with Crippen molar-refractivity contribution < 1.29 is 18.0 Å². The zero-order chi connectivity index (χ0) is 29.8. The van der Waals surface area contributed by atoms with Gasteiger partial charge in [-0.1, -0.05) is 51.3 Å². The molecule has 2 fully saturated rings. The molecular formula is C28H29BrCl2N6O4S. The van der Waals surface area contributed by atoms with Crippen molar-refractivity contribution in [2.45, 2.75) is 42.8 Å². The SMILES string of the molecule is CC1(Cc2ccc(Br)cc2)C(=O)N(c2cc(Cl)cc(Cl)c2)c2ncc(S(=O)(=O)N3CCN(C(=O)C4CCCN4)CC3)n21. The van der Waals surface area contributed by atoms with E-state index in [4.69, 9.17) is 23.2 Å². The molecular weight excluding hydrogens is 667 g/mol. The summed E-state index contributed by atoms with van der Waals surface area (Å²) >= 11 is 16.0. The molecule has 3 aliphatic rings. The zero-order valence-electron chi connectivity index (χ0n) is 22.8. The molecule has 0 radical (unpaired) electrons. The molecule has 2 amide bonds.